The molecule has 1 saturated carbocycles. The summed E-state index contributed by atoms with van der Waals surface area (Å²) in [7, 11) is 0. The molecule has 2 nitrogen and oxygen atoms in total. The van der Waals surface area contributed by atoms with Crippen LogP contribution in [0.3, 0.4) is 0 Å². The lowest BCUT2D eigenvalue weighted by Gasteiger charge is -2.23. The molecule has 18 heavy (non-hydrogen) atoms. The Kier molecular flexibility index (Phi) is 5.12. The Morgan fingerprint density at radius 3 is 2.50 bits per heavy atom. The van der Waals surface area contributed by atoms with Gasteiger partial charge in [-0.15, -0.1) is 0 Å². The van der Waals surface area contributed by atoms with Crippen LogP contribution in [0.5, 0.6) is 0 Å². The fraction of sp³-hybridized carbons (Fsp3) is 0.533. The van der Waals surface area contributed by atoms with Crippen LogP contribution in [0.1, 0.15) is 43.6 Å². The molecule has 1 aliphatic rings. The first kappa shape index (κ1) is 13.5. The highest BCUT2D eigenvalue weighted by Gasteiger charge is 2.19. The molecular weight excluding hydrogens is 240 g/mol. The zero-order valence-corrected chi connectivity index (χ0v) is 11.6. The number of hydrogen-bond acceptors (Lipinski definition) is 2. The molecule has 3 N–H and O–H groups in total. The van der Waals surface area contributed by atoms with Crippen molar-refractivity contribution < 1.29 is 0 Å². The van der Waals surface area contributed by atoms with Crippen LogP contribution in [0.2, 0.25) is 0 Å². The van der Waals surface area contributed by atoms with Gasteiger partial charge < -0.3 is 5.73 Å². The van der Waals surface area contributed by atoms with Crippen LogP contribution in [-0.2, 0) is 0 Å². The van der Waals surface area contributed by atoms with Crippen molar-refractivity contribution >= 4 is 17.6 Å². The zero-order chi connectivity index (χ0) is 12.8. The van der Waals surface area contributed by atoms with Crippen molar-refractivity contribution in [1.82, 2.24) is 0 Å². The Balaban J connectivity index is 1.92. The average Bonchev–Trinajstić information content (AvgIpc) is 2.41. The van der Waals surface area contributed by atoms with Gasteiger partial charge in [-0.05, 0) is 18.4 Å². The molecule has 2 rings (SSSR count). The maximum absolute atomic E-state index is 7.77. The van der Waals surface area contributed by atoms with Gasteiger partial charge >= 0.3 is 0 Å². The number of hydrogen-bond donors (Lipinski definition) is 2. The largest absolute Gasteiger partial charge is 0.387 e. The number of nitrogens with two attached hydrogens (primary N) is 1. The molecule has 0 heterocycles. The number of amidine groups is 1. The van der Waals surface area contributed by atoms with E-state index in [9.17, 15) is 0 Å². The van der Waals surface area contributed by atoms with Gasteiger partial charge in [-0.3, -0.25) is 5.41 Å². The van der Waals surface area contributed by atoms with Crippen molar-refractivity contribution in [3.8, 4) is 0 Å². The molecule has 0 aromatic heterocycles. The highest BCUT2D eigenvalue weighted by molar-refractivity contribution is 7.99. The van der Waals surface area contributed by atoms with Gasteiger partial charge in [0.2, 0.25) is 0 Å². The van der Waals surface area contributed by atoms with E-state index in [1.54, 1.807) is 0 Å². The highest BCUT2D eigenvalue weighted by atomic mass is 32.2. The summed E-state index contributed by atoms with van der Waals surface area (Å²) in [5, 5.41) is 8.55. The summed E-state index contributed by atoms with van der Waals surface area (Å²) in [4.78, 5) is 0. The van der Waals surface area contributed by atoms with E-state index in [0.29, 0.717) is 5.84 Å². The third-order valence-corrected chi connectivity index (χ3v) is 5.10. The molecule has 0 saturated heterocycles. The molecule has 0 aliphatic heterocycles. The van der Waals surface area contributed by atoms with E-state index in [2.05, 4.69) is 12.1 Å². The van der Waals surface area contributed by atoms with Gasteiger partial charge in [-0.25, -0.2) is 0 Å². The molecule has 1 unspecified atom stereocenters. The molecule has 0 bridgehead atoms. The second-order valence-electron chi connectivity index (χ2n) is 5.01. The summed E-state index contributed by atoms with van der Waals surface area (Å²) >= 11 is 2.01. The van der Waals surface area contributed by atoms with Crippen LogP contribution < -0.4 is 5.73 Å². The fourth-order valence-corrected chi connectivity index (χ4v) is 4.02. The van der Waals surface area contributed by atoms with E-state index in [4.69, 9.17) is 11.1 Å². The lowest BCUT2D eigenvalue weighted by molar-refractivity contribution is 0.516. The topological polar surface area (TPSA) is 49.9 Å². The normalized spacial score (nSPS) is 18.4. The van der Waals surface area contributed by atoms with Crippen LogP contribution in [-0.4, -0.2) is 16.8 Å². The number of rotatable bonds is 5. The Hall–Kier alpha value is -0.960. The first-order valence-corrected chi connectivity index (χ1v) is 7.82. The monoisotopic (exact) mass is 262 g/mol. The van der Waals surface area contributed by atoms with Crippen molar-refractivity contribution in [1.29, 1.82) is 5.41 Å². The molecule has 1 atom stereocenters. The molecule has 1 aliphatic carbocycles. The number of benzene rings is 1. The summed E-state index contributed by atoms with van der Waals surface area (Å²) in [5.74, 6) is 1.33. The van der Waals surface area contributed by atoms with E-state index in [-0.39, 0.29) is 5.92 Å². The number of thioether (sulfide) groups is 1. The van der Waals surface area contributed by atoms with Gasteiger partial charge in [0, 0.05) is 16.9 Å². The Labute approximate surface area is 114 Å². The van der Waals surface area contributed by atoms with E-state index < -0.39 is 0 Å². The molecule has 1 aromatic rings. The molecular formula is C15H22N2S. The average molecular weight is 262 g/mol. The van der Waals surface area contributed by atoms with Gasteiger partial charge in [-0.2, -0.15) is 11.8 Å². The van der Waals surface area contributed by atoms with Crippen LogP contribution in [0, 0.1) is 5.41 Å². The summed E-state index contributed by atoms with van der Waals surface area (Å²) < 4.78 is 0. The first-order chi connectivity index (χ1) is 8.77. The highest BCUT2D eigenvalue weighted by Crippen LogP contribution is 2.31. The Morgan fingerprint density at radius 2 is 1.89 bits per heavy atom. The maximum atomic E-state index is 7.77. The molecule has 98 valence electrons. The van der Waals surface area contributed by atoms with Crippen LogP contribution in [0.25, 0.3) is 0 Å². The van der Waals surface area contributed by atoms with Crippen molar-refractivity contribution in [3.63, 3.8) is 0 Å². The minimum atomic E-state index is 0.0816. The van der Waals surface area contributed by atoms with E-state index >= 15 is 0 Å². The Morgan fingerprint density at radius 1 is 1.22 bits per heavy atom. The SMILES string of the molecule is N=C(N)C(CSC1CCCCC1)c1ccccc1. The molecule has 1 fully saturated rings. The van der Waals surface area contributed by atoms with Crippen LogP contribution in [0.15, 0.2) is 30.3 Å². The van der Waals surface area contributed by atoms with Gasteiger partial charge in [0.1, 0.15) is 0 Å². The van der Waals surface area contributed by atoms with E-state index in [1.807, 2.05) is 30.0 Å². The van der Waals surface area contributed by atoms with Crippen molar-refractivity contribution in [2.24, 2.45) is 5.73 Å². The van der Waals surface area contributed by atoms with E-state index in [0.717, 1.165) is 11.0 Å². The van der Waals surface area contributed by atoms with Crippen molar-refractivity contribution in [2.45, 2.75) is 43.3 Å². The van der Waals surface area contributed by atoms with Crippen molar-refractivity contribution in [3.05, 3.63) is 35.9 Å². The quantitative estimate of drug-likeness (QED) is 0.627. The second-order valence-corrected chi connectivity index (χ2v) is 6.35. The summed E-state index contributed by atoms with van der Waals surface area (Å²) in [6, 6.07) is 10.2. The third kappa shape index (κ3) is 3.77. The lowest BCUT2D eigenvalue weighted by Crippen LogP contribution is -2.23. The van der Waals surface area contributed by atoms with Gasteiger partial charge in [-0.1, -0.05) is 49.6 Å². The van der Waals surface area contributed by atoms with Crippen molar-refractivity contribution in [2.75, 3.05) is 5.75 Å². The van der Waals surface area contributed by atoms with Crippen LogP contribution >= 0.6 is 11.8 Å². The van der Waals surface area contributed by atoms with Crippen LogP contribution in [0.4, 0.5) is 0 Å². The summed E-state index contributed by atoms with van der Waals surface area (Å²) in [6.07, 6.45) is 6.81. The predicted molar refractivity (Wildman–Crippen MR) is 80.4 cm³/mol. The number of nitrogens with one attached hydrogen (secondary N) is 1. The molecule has 3 heteroatoms. The molecule has 0 spiro atoms. The molecule has 0 amide bonds. The zero-order valence-electron chi connectivity index (χ0n) is 10.8. The van der Waals surface area contributed by atoms with E-state index in [1.165, 1.54) is 37.7 Å². The first-order valence-electron chi connectivity index (χ1n) is 6.78. The molecule has 1 aromatic carbocycles. The minimum absolute atomic E-state index is 0.0816. The summed E-state index contributed by atoms with van der Waals surface area (Å²) in [5.41, 5.74) is 6.93. The summed E-state index contributed by atoms with van der Waals surface area (Å²) in [6.45, 7) is 0. The van der Waals surface area contributed by atoms with Gasteiger partial charge in [0.05, 0.1) is 5.84 Å². The fourth-order valence-electron chi connectivity index (χ4n) is 2.52. The minimum Gasteiger partial charge on any atom is -0.387 e. The van der Waals surface area contributed by atoms with Gasteiger partial charge in [0.25, 0.3) is 0 Å². The second kappa shape index (κ2) is 6.83. The third-order valence-electron chi connectivity index (χ3n) is 3.63. The Bertz CT molecular complexity index is 371. The smallest absolute Gasteiger partial charge is 0.0990 e. The lowest BCUT2D eigenvalue weighted by atomic mass is 10.00. The van der Waals surface area contributed by atoms with Gasteiger partial charge in [0.15, 0.2) is 0 Å². The maximum Gasteiger partial charge on any atom is 0.0990 e. The molecule has 0 radical (unpaired) electrons. The standard InChI is InChI=1S/C15H22N2S/c16-15(17)14(12-7-3-1-4-8-12)11-18-13-9-5-2-6-10-13/h1,3-4,7-8,13-14H,2,5-6,9-11H2,(H3,16,17). The predicted octanol–water partition coefficient (Wildman–Crippen LogP) is 3.77.